The average Bonchev–Trinajstić information content (AvgIpc) is 2.45. The van der Waals surface area contributed by atoms with Gasteiger partial charge in [-0.15, -0.1) is 0 Å². The minimum Gasteiger partial charge on any atom is -0.381 e. The Morgan fingerprint density at radius 1 is 1.14 bits per heavy atom. The van der Waals surface area contributed by atoms with Gasteiger partial charge in [-0.3, -0.25) is 0 Å². The zero-order valence-electron chi connectivity index (χ0n) is 12.5. The predicted molar refractivity (Wildman–Crippen MR) is 80.5 cm³/mol. The van der Waals surface area contributed by atoms with Crippen molar-refractivity contribution in [2.24, 2.45) is 0 Å². The molecule has 0 aliphatic carbocycles. The maximum absolute atomic E-state index is 12.4. The molecule has 0 aromatic heterocycles. The molecule has 0 saturated carbocycles. The monoisotopic (exact) mass is 320 g/mol. The summed E-state index contributed by atoms with van der Waals surface area (Å²) in [5.41, 5.74) is 0.711. The van der Waals surface area contributed by atoms with Gasteiger partial charge in [0.15, 0.2) is 0 Å². The molecule has 0 saturated heterocycles. The fraction of sp³-hybridized carbons (Fsp3) is 0.571. The number of sulfone groups is 1. The molecule has 0 fully saturated rings. The average molecular weight is 320 g/mol. The number of hydrogen-bond acceptors (Lipinski definition) is 4. The van der Waals surface area contributed by atoms with Gasteiger partial charge in [0.05, 0.1) is 4.90 Å². The Bertz CT molecular complexity index is 528. The lowest BCUT2D eigenvalue weighted by Crippen LogP contribution is -2.34. The Kier molecular flexibility index (Phi) is 6.54. The van der Waals surface area contributed by atoms with E-state index in [-0.39, 0.29) is 10.9 Å². The zero-order chi connectivity index (χ0) is 16.0. The van der Waals surface area contributed by atoms with E-state index in [0.717, 1.165) is 19.6 Å². The smallest absolute Gasteiger partial charge is 0.341 e. The Hall–Kier alpha value is -1.21. The fourth-order valence-corrected chi connectivity index (χ4v) is 2.76. The van der Waals surface area contributed by atoms with Crippen LogP contribution in [0.4, 0.5) is 14.5 Å². The van der Waals surface area contributed by atoms with E-state index in [1.807, 2.05) is 6.92 Å². The molecule has 7 heteroatoms. The van der Waals surface area contributed by atoms with E-state index >= 15 is 0 Å². The lowest BCUT2D eigenvalue weighted by Gasteiger charge is -2.24. The SMILES string of the molecule is CCN(CC)CC(C)Nc1ccc(S(=O)(=O)C(F)F)cc1. The molecule has 21 heavy (non-hydrogen) atoms. The molecule has 0 spiro atoms. The lowest BCUT2D eigenvalue weighted by molar-refractivity contribution is 0.234. The van der Waals surface area contributed by atoms with Gasteiger partial charge in [0.2, 0.25) is 9.84 Å². The maximum Gasteiger partial charge on any atom is 0.341 e. The van der Waals surface area contributed by atoms with Crippen LogP contribution in [-0.4, -0.2) is 44.8 Å². The minimum atomic E-state index is -4.52. The second-order valence-electron chi connectivity index (χ2n) is 4.86. The van der Waals surface area contributed by atoms with Crippen LogP contribution in [-0.2, 0) is 9.84 Å². The van der Waals surface area contributed by atoms with Crippen molar-refractivity contribution in [3.05, 3.63) is 24.3 Å². The van der Waals surface area contributed by atoms with E-state index in [2.05, 4.69) is 24.1 Å². The molecule has 1 N–H and O–H groups in total. The van der Waals surface area contributed by atoms with Crippen LogP contribution >= 0.6 is 0 Å². The highest BCUT2D eigenvalue weighted by molar-refractivity contribution is 7.91. The van der Waals surface area contributed by atoms with Crippen LogP contribution in [0.1, 0.15) is 20.8 Å². The quantitative estimate of drug-likeness (QED) is 0.800. The molecule has 1 unspecified atom stereocenters. The van der Waals surface area contributed by atoms with E-state index in [9.17, 15) is 17.2 Å². The predicted octanol–water partition coefficient (Wildman–Crippen LogP) is 2.83. The third kappa shape index (κ3) is 4.93. The highest BCUT2D eigenvalue weighted by Crippen LogP contribution is 2.20. The topological polar surface area (TPSA) is 49.4 Å². The van der Waals surface area contributed by atoms with Gasteiger partial charge in [-0.25, -0.2) is 8.42 Å². The first-order chi connectivity index (χ1) is 9.81. The molecular weight excluding hydrogens is 298 g/mol. The summed E-state index contributed by atoms with van der Waals surface area (Å²) in [4.78, 5) is 1.90. The molecule has 0 amide bonds. The highest BCUT2D eigenvalue weighted by Gasteiger charge is 2.26. The molecule has 4 nitrogen and oxygen atoms in total. The van der Waals surface area contributed by atoms with Crippen molar-refractivity contribution in [1.29, 1.82) is 0 Å². The van der Waals surface area contributed by atoms with E-state index in [1.165, 1.54) is 24.3 Å². The first-order valence-corrected chi connectivity index (χ1v) is 8.46. The van der Waals surface area contributed by atoms with Gasteiger partial charge in [-0.1, -0.05) is 13.8 Å². The Balaban J connectivity index is 2.71. The van der Waals surface area contributed by atoms with Gasteiger partial charge in [0.25, 0.3) is 0 Å². The van der Waals surface area contributed by atoms with Gasteiger partial charge in [-0.2, -0.15) is 8.78 Å². The number of nitrogens with one attached hydrogen (secondary N) is 1. The standard InChI is InChI=1S/C14H22F2N2O2S/c1-4-18(5-2)10-11(3)17-12-6-8-13(9-7-12)21(19,20)14(15)16/h6-9,11,14,17H,4-5,10H2,1-3H3. The number of anilines is 1. The molecule has 1 aromatic rings. The van der Waals surface area contributed by atoms with Crippen LogP contribution in [0.3, 0.4) is 0 Å². The number of rotatable bonds is 8. The normalized spacial score (nSPS) is 13.7. The van der Waals surface area contributed by atoms with Crippen molar-refractivity contribution in [3.63, 3.8) is 0 Å². The third-order valence-corrected chi connectivity index (χ3v) is 4.66. The molecule has 120 valence electrons. The summed E-state index contributed by atoms with van der Waals surface area (Å²) in [7, 11) is -4.52. The molecule has 1 rings (SSSR count). The summed E-state index contributed by atoms with van der Waals surface area (Å²) in [6.45, 7) is 8.94. The van der Waals surface area contributed by atoms with Crippen molar-refractivity contribution in [2.45, 2.75) is 37.5 Å². The summed E-state index contributed by atoms with van der Waals surface area (Å²) in [5.74, 6) is -3.39. The van der Waals surface area contributed by atoms with E-state index in [4.69, 9.17) is 0 Å². The van der Waals surface area contributed by atoms with Crippen molar-refractivity contribution >= 4 is 15.5 Å². The van der Waals surface area contributed by atoms with Gasteiger partial charge in [-0.05, 0) is 44.3 Å². The number of hydrogen-bond donors (Lipinski definition) is 1. The molecule has 0 aliphatic rings. The molecule has 0 aliphatic heterocycles. The second kappa shape index (κ2) is 7.70. The molecule has 0 heterocycles. The molecular formula is C14H22F2N2O2S. The van der Waals surface area contributed by atoms with Gasteiger partial charge < -0.3 is 10.2 Å². The van der Waals surface area contributed by atoms with Crippen LogP contribution in [0.2, 0.25) is 0 Å². The Morgan fingerprint density at radius 3 is 2.10 bits per heavy atom. The number of likely N-dealkylation sites (N-methyl/N-ethyl adjacent to an activating group) is 1. The summed E-state index contributed by atoms with van der Waals surface area (Å²) in [6, 6.07) is 5.59. The first kappa shape index (κ1) is 17.8. The van der Waals surface area contributed by atoms with Gasteiger partial charge >= 0.3 is 5.76 Å². The largest absolute Gasteiger partial charge is 0.381 e. The summed E-state index contributed by atoms with van der Waals surface area (Å²) >= 11 is 0. The highest BCUT2D eigenvalue weighted by atomic mass is 32.2. The summed E-state index contributed by atoms with van der Waals surface area (Å²) < 4.78 is 47.5. The summed E-state index contributed by atoms with van der Waals surface area (Å²) in [6.07, 6.45) is 0. The second-order valence-corrected chi connectivity index (χ2v) is 6.78. The molecule has 1 aromatic carbocycles. The minimum absolute atomic E-state index is 0.169. The number of alkyl halides is 2. The molecule has 0 bridgehead atoms. The number of nitrogens with zero attached hydrogens (tertiary/aromatic N) is 1. The van der Waals surface area contributed by atoms with Gasteiger partial charge in [0, 0.05) is 18.3 Å². The van der Waals surface area contributed by atoms with Crippen LogP contribution in [0, 0.1) is 0 Å². The van der Waals surface area contributed by atoms with Crippen LogP contribution in [0.25, 0.3) is 0 Å². The van der Waals surface area contributed by atoms with Crippen LogP contribution in [0.15, 0.2) is 29.2 Å². The number of halogens is 2. The van der Waals surface area contributed by atoms with E-state index < -0.39 is 15.6 Å². The first-order valence-electron chi connectivity index (χ1n) is 6.92. The Morgan fingerprint density at radius 2 is 1.67 bits per heavy atom. The maximum atomic E-state index is 12.4. The lowest BCUT2D eigenvalue weighted by atomic mass is 10.2. The van der Waals surface area contributed by atoms with Crippen LogP contribution < -0.4 is 5.32 Å². The van der Waals surface area contributed by atoms with E-state index in [1.54, 1.807) is 0 Å². The van der Waals surface area contributed by atoms with E-state index in [0.29, 0.717) is 5.69 Å². The molecule has 1 atom stereocenters. The van der Waals surface area contributed by atoms with Gasteiger partial charge in [0.1, 0.15) is 0 Å². The summed E-state index contributed by atoms with van der Waals surface area (Å²) in [5, 5.41) is 3.22. The van der Waals surface area contributed by atoms with Crippen molar-refractivity contribution in [2.75, 3.05) is 25.0 Å². The zero-order valence-corrected chi connectivity index (χ0v) is 13.3. The number of benzene rings is 1. The van der Waals surface area contributed by atoms with Crippen LogP contribution in [0.5, 0.6) is 0 Å². The van der Waals surface area contributed by atoms with Crippen molar-refractivity contribution in [1.82, 2.24) is 4.90 Å². The fourth-order valence-electron chi connectivity index (χ4n) is 2.04. The Labute approximate surface area is 125 Å². The molecule has 0 radical (unpaired) electrons. The van der Waals surface area contributed by atoms with Crippen molar-refractivity contribution < 1.29 is 17.2 Å². The third-order valence-electron chi connectivity index (χ3n) is 3.26. The van der Waals surface area contributed by atoms with Crippen molar-refractivity contribution in [3.8, 4) is 0 Å².